The van der Waals surface area contributed by atoms with Gasteiger partial charge in [-0.3, -0.25) is 4.98 Å². The summed E-state index contributed by atoms with van der Waals surface area (Å²) < 4.78 is 0. The van der Waals surface area contributed by atoms with Gasteiger partial charge in [0.05, 0.1) is 11.2 Å². The minimum atomic E-state index is -0.195. The van der Waals surface area contributed by atoms with Crippen LogP contribution in [0.15, 0.2) is 170 Å². The van der Waals surface area contributed by atoms with Crippen molar-refractivity contribution in [1.29, 1.82) is 0 Å². The first-order valence-corrected chi connectivity index (χ1v) is 18.4. The molecule has 2 heteroatoms. The second-order valence-corrected chi connectivity index (χ2v) is 14.9. The van der Waals surface area contributed by atoms with Crippen molar-refractivity contribution in [3.63, 3.8) is 0 Å². The van der Waals surface area contributed by atoms with Crippen molar-refractivity contribution >= 4 is 54.0 Å². The largest absolute Gasteiger partial charge is 0.264 e. The Bertz CT molecular complexity index is 3100. The van der Waals surface area contributed by atoms with Gasteiger partial charge in [0.15, 0.2) is 0 Å². The number of aromatic nitrogens is 2. The molecule has 0 N–H and O–H groups in total. The van der Waals surface area contributed by atoms with Crippen LogP contribution in [0.1, 0.15) is 25.0 Å². The predicted molar refractivity (Wildman–Crippen MR) is 223 cm³/mol. The molecule has 0 radical (unpaired) electrons. The van der Waals surface area contributed by atoms with Crippen LogP contribution in [0, 0.1) is 0 Å². The van der Waals surface area contributed by atoms with Gasteiger partial charge in [0.25, 0.3) is 0 Å². The maximum Gasteiger partial charge on any atom is 0.0759 e. The molecular formula is C51H34N2. The highest BCUT2D eigenvalue weighted by molar-refractivity contribution is 6.26. The molecule has 1 aliphatic carbocycles. The summed E-state index contributed by atoms with van der Waals surface area (Å²) in [5.74, 6) is 0. The van der Waals surface area contributed by atoms with E-state index in [0.29, 0.717) is 0 Å². The zero-order valence-corrected chi connectivity index (χ0v) is 29.6. The molecular weight excluding hydrogens is 641 g/mol. The summed E-state index contributed by atoms with van der Waals surface area (Å²) in [5.41, 5.74) is 13.1. The van der Waals surface area contributed by atoms with Crippen LogP contribution in [0.4, 0.5) is 0 Å². The summed E-state index contributed by atoms with van der Waals surface area (Å²) in [7, 11) is 0. The van der Waals surface area contributed by atoms with Crippen LogP contribution in [-0.4, -0.2) is 9.97 Å². The summed E-state index contributed by atoms with van der Waals surface area (Å²) in [5, 5.41) is 11.3. The molecule has 0 saturated heterocycles. The van der Waals surface area contributed by atoms with Crippen LogP contribution in [0.2, 0.25) is 0 Å². The van der Waals surface area contributed by atoms with Gasteiger partial charge in [0.1, 0.15) is 0 Å². The Hall–Kier alpha value is -6.64. The number of nitrogens with zero attached hydrogens (tertiary/aromatic N) is 2. The lowest BCUT2D eigenvalue weighted by Crippen LogP contribution is -2.16. The molecule has 0 atom stereocenters. The Labute approximate surface area is 308 Å². The van der Waals surface area contributed by atoms with Crippen molar-refractivity contribution in [2.24, 2.45) is 0 Å². The minimum Gasteiger partial charge on any atom is -0.264 e. The van der Waals surface area contributed by atoms with Crippen molar-refractivity contribution < 1.29 is 0 Å². The van der Waals surface area contributed by atoms with E-state index >= 15 is 0 Å². The smallest absolute Gasteiger partial charge is 0.0759 e. The van der Waals surface area contributed by atoms with Crippen LogP contribution < -0.4 is 0 Å². The highest BCUT2D eigenvalue weighted by Crippen LogP contribution is 2.54. The second-order valence-electron chi connectivity index (χ2n) is 14.9. The molecule has 0 amide bonds. The Morgan fingerprint density at radius 1 is 0.453 bits per heavy atom. The molecule has 2 aromatic heterocycles. The van der Waals surface area contributed by atoms with Gasteiger partial charge in [-0.05, 0) is 106 Å². The van der Waals surface area contributed by atoms with Gasteiger partial charge in [0, 0.05) is 34.3 Å². The van der Waals surface area contributed by atoms with Crippen molar-refractivity contribution in [2.45, 2.75) is 19.3 Å². The fourth-order valence-electron chi connectivity index (χ4n) is 9.18. The first-order chi connectivity index (χ1) is 26.0. The minimum absolute atomic E-state index is 0.195. The molecule has 248 valence electrons. The average Bonchev–Trinajstić information content (AvgIpc) is 3.45. The number of benzene rings is 8. The van der Waals surface area contributed by atoms with Crippen molar-refractivity contribution in [3.8, 4) is 44.6 Å². The van der Waals surface area contributed by atoms with E-state index < -0.39 is 0 Å². The molecule has 0 spiro atoms. The average molecular weight is 675 g/mol. The molecule has 0 saturated carbocycles. The Kier molecular flexibility index (Phi) is 6.33. The van der Waals surface area contributed by atoms with Crippen LogP contribution >= 0.6 is 0 Å². The summed E-state index contributed by atoms with van der Waals surface area (Å²) in [4.78, 5) is 9.75. The number of hydrogen-bond acceptors (Lipinski definition) is 2. The predicted octanol–water partition coefficient (Wildman–Crippen LogP) is 13.5. The zero-order valence-electron chi connectivity index (χ0n) is 29.6. The Morgan fingerprint density at radius 3 is 1.77 bits per heavy atom. The maximum atomic E-state index is 5.39. The maximum absolute atomic E-state index is 5.39. The van der Waals surface area contributed by atoms with Crippen LogP contribution in [-0.2, 0) is 5.41 Å². The normalized spacial score (nSPS) is 13.2. The molecule has 11 rings (SSSR count). The van der Waals surface area contributed by atoms with E-state index in [4.69, 9.17) is 4.98 Å². The summed E-state index contributed by atoms with van der Waals surface area (Å²) in [6.45, 7) is 4.72. The van der Waals surface area contributed by atoms with E-state index in [-0.39, 0.29) is 5.41 Å². The van der Waals surface area contributed by atoms with E-state index in [2.05, 4.69) is 170 Å². The Morgan fingerprint density at radius 2 is 1.06 bits per heavy atom. The van der Waals surface area contributed by atoms with Gasteiger partial charge in [0.2, 0.25) is 0 Å². The summed E-state index contributed by atoms with van der Waals surface area (Å²) >= 11 is 0. The quantitative estimate of drug-likeness (QED) is 0.174. The van der Waals surface area contributed by atoms with Crippen molar-refractivity contribution in [3.05, 3.63) is 181 Å². The van der Waals surface area contributed by atoms with Crippen LogP contribution in [0.3, 0.4) is 0 Å². The number of rotatable bonds is 3. The summed E-state index contributed by atoms with van der Waals surface area (Å²) in [6.07, 6.45) is 3.77. The molecule has 8 aromatic carbocycles. The fourth-order valence-corrected chi connectivity index (χ4v) is 9.18. The van der Waals surface area contributed by atoms with Gasteiger partial charge < -0.3 is 0 Å². The van der Waals surface area contributed by atoms with E-state index in [1.807, 2.05) is 18.5 Å². The fraction of sp³-hybridized carbons (Fsp3) is 0.0588. The lowest BCUT2D eigenvalue weighted by atomic mass is 9.78. The summed E-state index contributed by atoms with van der Waals surface area (Å²) in [6, 6.07) is 58.0. The van der Waals surface area contributed by atoms with E-state index in [0.717, 1.165) is 16.8 Å². The molecule has 0 bridgehead atoms. The van der Waals surface area contributed by atoms with E-state index in [9.17, 15) is 0 Å². The molecule has 53 heavy (non-hydrogen) atoms. The van der Waals surface area contributed by atoms with Crippen LogP contribution in [0.5, 0.6) is 0 Å². The van der Waals surface area contributed by atoms with Gasteiger partial charge in [-0.2, -0.15) is 0 Å². The highest BCUT2D eigenvalue weighted by atomic mass is 14.7. The van der Waals surface area contributed by atoms with Crippen molar-refractivity contribution in [2.75, 3.05) is 0 Å². The van der Waals surface area contributed by atoms with Gasteiger partial charge in [-0.25, -0.2) is 4.98 Å². The Balaban J connectivity index is 1.09. The first kappa shape index (κ1) is 30.0. The molecule has 2 nitrogen and oxygen atoms in total. The molecule has 1 aliphatic rings. The molecule has 0 fully saturated rings. The van der Waals surface area contributed by atoms with Gasteiger partial charge >= 0.3 is 0 Å². The number of hydrogen-bond donors (Lipinski definition) is 0. The topological polar surface area (TPSA) is 25.8 Å². The third kappa shape index (κ3) is 4.39. The lowest BCUT2D eigenvalue weighted by Gasteiger charge is -2.25. The van der Waals surface area contributed by atoms with Gasteiger partial charge in [-0.1, -0.05) is 147 Å². The third-order valence-corrected chi connectivity index (χ3v) is 11.7. The lowest BCUT2D eigenvalue weighted by molar-refractivity contribution is 0.662. The second kappa shape index (κ2) is 11.2. The standard InChI is InChI=1S/C51H34N2/c1-51(2)45-16-8-7-15-42(45)50-49(51)47(48-37-12-4-3-10-32(37)23-26-46(48)53-50)33-19-17-31(18-20-33)34-21-24-40-41-25-22-35(36-11-9-27-52-30-36)29-44(41)39-14-6-5-13-38(39)43(40)28-34/h3-30H,1-2H3. The molecule has 10 aromatic rings. The van der Waals surface area contributed by atoms with Crippen molar-refractivity contribution in [1.82, 2.24) is 9.97 Å². The van der Waals surface area contributed by atoms with Gasteiger partial charge in [-0.15, -0.1) is 0 Å². The number of pyridine rings is 2. The van der Waals surface area contributed by atoms with Crippen LogP contribution in [0.25, 0.3) is 98.6 Å². The first-order valence-electron chi connectivity index (χ1n) is 18.4. The zero-order chi connectivity index (χ0) is 35.3. The number of fused-ring (bicyclic) bond motifs is 12. The van der Waals surface area contributed by atoms with E-state index in [1.165, 1.54) is 93.0 Å². The third-order valence-electron chi connectivity index (χ3n) is 11.7. The highest BCUT2D eigenvalue weighted by Gasteiger charge is 2.39. The molecule has 0 aliphatic heterocycles. The SMILES string of the molecule is CC1(C)c2ccccc2-c2nc3ccc4ccccc4c3c(-c3ccc(-c4ccc5c6ccc(-c7cccnc7)cc6c6ccccc6c5c4)cc3)c21. The molecule has 2 heterocycles. The van der Waals surface area contributed by atoms with E-state index in [1.54, 1.807) is 0 Å². The molecule has 0 unspecified atom stereocenters. The monoisotopic (exact) mass is 674 g/mol.